The van der Waals surface area contributed by atoms with Crippen molar-refractivity contribution in [2.75, 3.05) is 24.7 Å². The van der Waals surface area contributed by atoms with E-state index in [4.69, 9.17) is 4.74 Å². The molecule has 49 heavy (non-hydrogen) atoms. The van der Waals surface area contributed by atoms with Crippen LogP contribution in [-0.4, -0.2) is 64.6 Å². The van der Waals surface area contributed by atoms with E-state index < -0.39 is 64.1 Å². The Balaban J connectivity index is 1.57. The topological polar surface area (TPSA) is 111 Å². The molecule has 1 saturated heterocycles. The number of fused-ring (bicyclic) bond motifs is 1. The first kappa shape index (κ1) is 35.8. The highest BCUT2D eigenvalue weighted by molar-refractivity contribution is 7.91. The zero-order chi connectivity index (χ0) is 35.7. The number of nitrogens with zero attached hydrogens (tertiary/aromatic N) is 4. The van der Waals surface area contributed by atoms with Crippen LogP contribution in [0.25, 0.3) is 16.7 Å². The van der Waals surface area contributed by atoms with Gasteiger partial charge in [0.05, 0.1) is 40.6 Å². The lowest BCUT2D eigenvalue weighted by Gasteiger charge is -2.34. The number of carbonyl (C=O) groups is 1. The molecule has 0 bridgehead atoms. The van der Waals surface area contributed by atoms with Gasteiger partial charge in [0.2, 0.25) is 5.91 Å². The Labute approximate surface area is 275 Å². The van der Waals surface area contributed by atoms with E-state index in [9.17, 15) is 48.7 Å². The van der Waals surface area contributed by atoms with Crippen molar-refractivity contribution in [3.05, 3.63) is 93.9 Å². The average molecular weight is 715 g/mol. The lowest BCUT2D eigenvalue weighted by molar-refractivity contribution is -0.153. The Bertz CT molecular complexity index is 2000. The molecule has 2 aromatic carbocycles. The van der Waals surface area contributed by atoms with Crippen molar-refractivity contribution in [2.24, 2.45) is 5.92 Å². The van der Waals surface area contributed by atoms with Gasteiger partial charge in [0, 0.05) is 12.7 Å². The summed E-state index contributed by atoms with van der Waals surface area (Å²) in [5.41, 5.74) is -2.15. The molecule has 17 heteroatoms. The molecule has 4 aromatic rings. The molecule has 1 aliphatic heterocycles. The van der Waals surface area contributed by atoms with Crippen LogP contribution in [0, 0.1) is 11.7 Å². The molecule has 1 unspecified atom stereocenters. The van der Waals surface area contributed by atoms with Gasteiger partial charge in [0.15, 0.2) is 12.3 Å². The van der Waals surface area contributed by atoms with Crippen LogP contribution in [0.1, 0.15) is 42.8 Å². The number of carbonyl (C=O) groups excluding carboxylic acids is 1. The number of ether oxygens (including phenoxy) is 1. The summed E-state index contributed by atoms with van der Waals surface area (Å²) in [4.78, 5) is 37.9. The number of halogens is 7. The van der Waals surface area contributed by atoms with Gasteiger partial charge >= 0.3 is 12.4 Å². The number of hydrogen-bond acceptors (Lipinski definition) is 7. The Hall–Kier alpha value is -4.54. The molecule has 1 fully saturated rings. The van der Waals surface area contributed by atoms with E-state index in [0.29, 0.717) is 12.1 Å². The normalized spacial score (nSPS) is 16.0. The zero-order valence-electron chi connectivity index (χ0n) is 25.8. The SMILES string of the molecule is CC(c1nc2ncccc2c(=O)n1-c1ccc(OCC(F)(F)F)cc1)N(CC1CCS(=O)(=O)CC1)C(=O)Cc1ccc(F)c(C(F)(F)F)c1. The van der Waals surface area contributed by atoms with Gasteiger partial charge in [-0.05, 0) is 79.8 Å². The summed E-state index contributed by atoms with van der Waals surface area (Å²) in [5.74, 6) is -2.99. The fourth-order valence-electron chi connectivity index (χ4n) is 5.61. The number of pyridine rings is 1. The van der Waals surface area contributed by atoms with Crippen LogP contribution in [0.15, 0.2) is 65.6 Å². The summed E-state index contributed by atoms with van der Waals surface area (Å²) in [6, 6.07) is 9.16. The lowest BCUT2D eigenvalue weighted by Crippen LogP contribution is -2.42. The molecule has 0 radical (unpaired) electrons. The van der Waals surface area contributed by atoms with Crippen molar-refractivity contribution >= 4 is 26.8 Å². The van der Waals surface area contributed by atoms with E-state index in [0.717, 1.165) is 10.6 Å². The summed E-state index contributed by atoms with van der Waals surface area (Å²) >= 11 is 0. The molecule has 2 aromatic heterocycles. The minimum atomic E-state index is -5.02. The molecule has 0 aliphatic carbocycles. The number of hydrogen-bond donors (Lipinski definition) is 0. The highest BCUT2D eigenvalue weighted by atomic mass is 32.2. The molecule has 9 nitrogen and oxygen atoms in total. The maximum Gasteiger partial charge on any atom is 0.422 e. The Kier molecular flexibility index (Phi) is 10.0. The molecule has 5 rings (SSSR count). The van der Waals surface area contributed by atoms with Crippen molar-refractivity contribution in [1.82, 2.24) is 19.4 Å². The molecule has 3 heterocycles. The second-order valence-corrected chi connectivity index (χ2v) is 14.0. The van der Waals surface area contributed by atoms with Crippen LogP contribution < -0.4 is 10.3 Å². The number of amides is 1. The first-order chi connectivity index (χ1) is 22.9. The maximum atomic E-state index is 14.0. The number of sulfone groups is 1. The molecule has 262 valence electrons. The van der Waals surface area contributed by atoms with Gasteiger partial charge < -0.3 is 9.64 Å². The van der Waals surface area contributed by atoms with Crippen molar-refractivity contribution in [1.29, 1.82) is 0 Å². The fraction of sp³-hybridized carbons (Fsp3) is 0.375. The molecular weight excluding hydrogens is 685 g/mol. The lowest BCUT2D eigenvalue weighted by atomic mass is 10.00. The largest absolute Gasteiger partial charge is 0.484 e. The van der Waals surface area contributed by atoms with Crippen molar-refractivity contribution in [3.8, 4) is 11.4 Å². The monoisotopic (exact) mass is 714 g/mol. The van der Waals surface area contributed by atoms with Crippen LogP contribution in [0.4, 0.5) is 30.7 Å². The maximum absolute atomic E-state index is 14.0. The molecule has 0 spiro atoms. The summed E-state index contributed by atoms with van der Waals surface area (Å²) in [6.07, 6.45) is -8.42. The summed E-state index contributed by atoms with van der Waals surface area (Å²) in [6.45, 7) is -0.0733. The second-order valence-electron chi connectivity index (χ2n) is 11.7. The smallest absolute Gasteiger partial charge is 0.422 e. The van der Waals surface area contributed by atoms with Crippen LogP contribution in [0.3, 0.4) is 0 Å². The van der Waals surface area contributed by atoms with E-state index in [1.807, 2.05) is 0 Å². The van der Waals surface area contributed by atoms with E-state index in [2.05, 4.69) is 9.97 Å². The number of aromatic nitrogens is 3. The zero-order valence-corrected chi connectivity index (χ0v) is 26.6. The minimum Gasteiger partial charge on any atom is -0.484 e. The summed E-state index contributed by atoms with van der Waals surface area (Å²) in [5, 5.41) is 0.0807. The molecule has 1 aliphatic rings. The standard InChI is InChI=1S/C32H29F7N4O5S/c1-19(29-41-28-24(3-2-12-40-28)30(45)43(29)22-5-7-23(8-6-22)48-18-31(34,35)36)42(17-20-10-13-49(46,47)14-11-20)27(44)16-21-4-9-26(33)25(15-21)32(37,38)39/h2-9,12,15,19-20H,10-11,13-14,16-18H2,1H3. The third kappa shape index (κ3) is 8.55. The van der Waals surface area contributed by atoms with Crippen molar-refractivity contribution in [2.45, 2.75) is 44.6 Å². The third-order valence-electron chi connectivity index (χ3n) is 8.15. The fourth-order valence-corrected chi connectivity index (χ4v) is 7.20. The Morgan fingerprint density at radius 3 is 2.35 bits per heavy atom. The molecule has 1 atom stereocenters. The first-order valence-corrected chi connectivity index (χ1v) is 16.8. The van der Waals surface area contributed by atoms with Gasteiger partial charge in [-0.25, -0.2) is 22.8 Å². The molecular formula is C32H29F7N4O5S. The van der Waals surface area contributed by atoms with Crippen LogP contribution in [0.5, 0.6) is 5.75 Å². The van der Waals surface area contributed by atoms with Gasteiger partial charge in [-0.1, -0.05) is 6.07 Å². The minimum absolute atomic E-state index is 0.0141. The number of rotatable bonds is 9. The summed E-state index contributed by atoms with van der Waals surface area (Å²) < 4.78 is 123. The van der Waals surface area contributed by atoms with E-state index in [1.54, 1.807) is 0 Å². The predicted octanol–water partition coefficient (Wildman–Crippen LogP) is 5.84. The Morgan fingerprint density at radius 2 is 1.71 bits per heavy atom. The molecule has 0 N–H and O–H groups in total. The first-order valence-electron chi connectivity index (χ1n) is 14.9. The van der Waals surface area contributed by atoms with E-state index >= 15 is 0 Å². The van der Waals surface area contributed by atoms with Crippen LogP contribution >= 0.6 is 0 Å². The molecule has 1 amide bonds. The van der Waals surface area contributed by atoms with Crippen LogP contribution in [0.2, 0.25) is 0 Å². The van der Waals surface area contributed by atoms with Gasteiger partial charge in [0.25, 0.3) is 5.56 Å². The highest BCUT2D eigenvalue weighted by Crippen LogP contribution is 2.33. The number of alkyl halides is 6. The average Bonchev–Trinajstić information content (AvgIpc) is 3.03. The number of benzene rings is 2. The van der Waals surface area contributed by atoms with Gasteiger partial charge in [-0.2, -0.15) is 26.3 Å². The van der Waals surface area contributed by atoms with E-state index in [-0.39, 0.29) is 70.7 Å². The van der Waals surface area contributed by atoms with Crippen molar-refractivity contribution < 1.29 is 48.7 Å². The van der Waals surface area contributed by atoms with E-state index in [1.165, 1.54) is 54.4 Å². The quantitative estimate of drug-likeness (QED) is 0.201. The highest BCUT2D eigenvalue weighted by Gasteiger charge is 2.36. The predicted molar refractivity (Wildman–Crippen MR) is 163 cm³/mol. The van der Waals surface area contributed by atoms with Gasteiger partial charge in [0.1, 0.15) is 27.2 Å². The Morgan fingerprint density at radius 1 is 1.04 bits per heavy atom. The van der Waals surface area contributed by atoms with Crippen molar-refractivity contribution in [3.63, 3.8) is 0 Å². The summed E-state index contributed by atoms with van der Waals surface area (Å²) in [7, 11) is -3.29. The van der Waals surface area contributed by atoms with Gasteiger partial charge in [-0.15, -0.1) is 0 Å². The van der Waals surface area contributed by atoms with Crippen LogP contribution in [-0.2, 0) is 27.2 Å². The molecule has 0 saturated carbocycles. The second kappa shape index (κ2) is 13.8. The van der Waals surface area contributed by atoms with Gasteiger partial charge in [-0.3, -0.25) is 14.2 Å². The third-order valence-corrected chi connectivity index (χ3v) is 9.86.